The van der Waals surface area contributed by atoms with Crippen molar-refractivity contribution in [1.82, 2.24) is 14.5 Å². The Kier molecular flexibility index (Phi) is 5.13. The first-order valence-corrected chi connectivity index (χ1v) is 9.80. The molecule has 4 aromatic rings. The largest absolute Gasteiger partial charge is 0.300 e. The number of nitrogens with zero attached hydrogens (tertiary/aromatic N) is 3. The smallest absolute Gasteiger partial charge is 0.269 e. The molecular formula is C19H12Cl2N4O2S. The number of carbonyl (C=O) groups is 1. The number of hydrogen-bond acceptors (Lipinski definition) is 5. The minimum atomic E-state index is -0.364. The summed E-state index contributed by atoms with van der Waals surface area (Å²) in [5.74, 6) is -0.364. The molecule has 0 saturated carbocycles. The lowest BCUT2D eigenvalue weighted by Gasteiger charge is -2.08. The van der Waals surface area contributed by atoms with Gasteiger partial charge in [0.25, 0.3) is 5.56 Å². The van der Waals surface area contributed by atoms with Crippen LogP contribution >= 0.6 is 34.5 Å². The highest BCUT2D eigenvalue weighted by Crippen LogP contribution is 2.32. The van der Waals surface area contributed by atoms with E-state index in [0.717, 1.165) is 0 Å². The van der Waals surface area contributed by atoms with Crippen LogP contribution in [-0.2, 0) is 11.3 Å². The van der Waals surface area contributed by atoms with E-state index in [1.54, 1.807) is 41.8 Å². The number of amides is 1. The number of thiazole rings is 1. The fourth-order valence-electron chi connectivity index (χ4n) is 2.73. The molecule has 2 aromatic carbocycles. The van der Waals surface area contributed by atoms with Crippen LogP contribution in [0.2, 0.25) is 10.0 Å². The minimum Gasteiger partial charge on any atom is -0.300 e. The van der Waals surface area contributed by atoms with Crippen LogP contribution in [0, 0.1) is 0 Å². The Balaban J connectivity index is 1.56. The van der Waals surface area contributed by atoms with E-state index in [4.69, 9.17) is 23.2 Å². The first-order valence-electron chi connectivity index (χ1n) is 8.16. The highest BCUT2D eigenvalue weighted by molar-refractivity contribution is 7.14. The lowest BCUT2D eigenvalue weighted by Crippen LogP contribution is -2.27. The number of aromatic nitrogens is 3. The van der Waals surface area contributed by atoms with Crippen molar-refractivity contribution < 1.29 is 4.79 Å². The van der Waals surface area contributed by atoms with E-state index in [-0.39, 0.29) is 18.0 Å². The van der Waals surface area contributed by atoms with Crippen LogP contribution in [0.1, 0.15) is 0 Å². The van der Waals surface area contributed by atoms with Crippen LogP contribution in [0.25, 0.3) is 22.3 Å². The van der Waals surface area contributed by atoms with Gasteiger partial charge in [0.05, 0.1) is 27.9 Å². The molecule has 0 saturated heterocycles. The lowest BCUT2D eigenvalue weighted by molar-refractivity contribution is -0.116. The monoisotopic (exact) mass is 430 g/mol. The number of anilines is 1. The maximum Gasteiger partial charge on any atom is 0.269 e. The van der Waals surface area contributed by atoms with Gasteiger partial charge in [-0.25, -0.2) is 9.97 Å². The lowest BCUT2D eigenvalue weighted by atomic mass is 10.2. The van der Waals surface area contributed by atoms with Gasteiger partial charge in [0, 0.05) is 16.0 Å². The molecule has 0 aliphatic carbocycles. The molecule has 0 spiro atoms. The van der Waals surface area contributed by atoms with Crippen molar-refractivity contribution >= 4 is 56.6 Å². The van der Waals surface area contributed by atoms with Gasteiger partial charge in [-0.1, -0.05) is 35.3 Å². The Bertz CT molecular complexity index is 1250. The number of para-hydroxylation sites is 2. The number of hydrogen-bond donors (Lipinski definition) is 1. The van der Waals surface area contributed by atoms with Crippen molar-refractivity contribution in [2.75, 3.05) is 5.32 Å². The summed E-state index contributed by atoms with van der Waals surface area (Å²) < 4.78 is 1.38. The molecule has 0 aliphatic heterocycles. The van der Waals surface area contributed by atoms with Gasteiger partial charge in [0.15, 0.2) is 5.13 Å². The van der Waals surface area contributed by atoms with E-state index in [1.165, 1.54) is 22.1 Å². The fraction of sp³-hybridized carbons (Fsp3) is 0.0526. The van der Waals surface area contributed by atoms with Gasteiger partial charge >= 0.3 is 0 Å². The molecule has 6 nitrogen and oxygen atoms in total. The van der Waals surface area contributed by atoms with E-state index in [1.807, 2.05) is 6.07 Å². The molecule has 4 rings (SSSR count). The second-order valence-corrected chi connectivity index (χ2v) is 7.58. The molecule has 28 heavy (non-hydrogen) atoms. The molecule has 1 N–H and O–H groups in total. The van der Waals surface area contributed by atoms with Gasteiger partial charge < -0.3 is 5.32 Å². The Morgan fingerprint density at radius 1 is 1.18 bits per heavy atom. The summed E-state index contributed by atoms with van der Waals surface area (Å²) in [6.45, 7) is -0.144. The Labute approximate surface area is 173 Å². The number of halogens is 2. The number of carbonyl (C=O) groups excluding carboxylic acids is 1. The van der Waals surface area contributed by atoms with Crippen LogP contribution in [-0.4, -0.2) is 20.4 Å². The van der Waals surface area contributed by atoms with Crippen LogP contribution < -0.4 is 10.9 Å². The average Bonchev–Trinajstić information content (AvgIpc) is 3.14. The summed E-state index contributed by atoms with van der Waals surface area (Å²) in [7, 11) is 0. The Morgan fingerprint density at radius 3 is 2.86 bits per heavy atom. The van der Waals surface area contributed by atoms with Gasteiger partial charge in [-0.3, -0.25) is 14.2 Å². The zero-order chi connectivity index (χ0) is 19.7. The standard InChI is InChI=1S/C19H12Cl2N4O2S/c20-11-5-6-13(21)12(7-11)15-10-28-19(23-15)24-17(26)9-25-16-4-2-1-3-14(16)22-8-18(25)27/h1-8,10H,9H2,(H,23,24,26). The van der Waals surface area contributed by atoms with Gasteiger partial charge in [-0.15, -0.1) is 11.3 Å². The highest BCUT2D eigenvalue weighted by atomic mass is 35.5. The van der Waals surface area contributed by atoms with Crippen molar-refractivity contribution in [2.45, 2.75) is 6.54 Å². The third-order valence-electron chi connectivity index (χ3n) is 4.01. The number of benzene rings is 2. The van der Waals surface area contributed by atoms with Gasteiger partial charge in [0.2, 0.25) is 5.91 Å². The number of nitrogens with one attached hydrogen (secondary N) is 1. The zero-order valence-corrected chi connectivity index (χ0v) is 16.6. The van der Waals surface area contributed by atoms with E-state index in [2.05, 4.69) is 15.3 Å². The molecule has 0 aliphatic rings. The van der Waals surface area contributed by atoms with Crippen LogP contribution in [0.3, 0.4) is 0 Å². The predicted octanol–water partition coefficient (Wildman–Crippen LogP) is 4.47. The Morgan fingerprint density at radius 2 is 2.00 bits per heavy atom. The van der Waals surface area contributed by atoms with Gasteiger partial charge in [-0.05, 0) is 30.3 Å². The van der Waals surface area contributed by atoms with Gasteiger partial charge in [0.1, 0.15) is 6.54 Å². The molecule has 0 bridgehead atoms. The maximum absolute atomic E-state index is 12.5. The third kappa shape index (κ3) is 3.77. The molecule has 140 valence electrons. The first-order chi connectivity index (χ1) is 13.5. The topological polar surface area (TPSA) is 76.9 Å². The molecule has 2 heterocycles. The minimum absolute atomic E-state index is 0.144. The molecule has 1 amide bonds. The van der Waals surface area contributed by atoms with Crippen molar-refractivity contribution in [3.8, 4) is 11.3 Å². The highest BCUT2D eigenvalue weighted by Gasteiger charge is 2.13. The van der Waals surface area contributed by atoms with Crippen molar-refractivity contribution in [3.05, 3.63) is 74.4 Å². The van der Waals surface area contributed by atoms with Crippen LogP contribution in [0.15, 0.2) is 58.8 Å². The summed E-state index contributed by atoms with van der Waals surface area (Å²) in [6.07, 6.45) is 1.21. The normalized spacial score (nSPS) is 10.9. The van der Waals surface area contributed by atoms with E-state index < -0.39 is 0 Å². The maximum atomic E-state index is 12.5. The number of rotatable bonds is 4. The van der Waals surface area contributed by atoms with Crippen molar-refractivity contribution in [1.29, 1.82) is 0 Å². The Hall–Kier alpha value is -2.74. The molecule has 0 fully saturated rings. The molecule has 0 unspecified atom stereocenters. The summed E-state index contributed by atoms with van der Waals surface area (Å²) in [5.41, 5.74) is 2.18. The summed E-state index contributed by atoms with van der Waals surface area (Å²) in [6, 6.07) is 12.2. The van der Waals surface area contributed by atoms with Crippen LogP contribution in [0.4, 0.5) is 5.13 Å². The van der Waals surface area contributed by atoms with E-state index in [0.29, 0.717) is 37.5 Å². The second-order valence-electron chi connectivity index (χ2n) is 5.88. The van der Waals surface area contributed by atoms with E-state index in [9.17, 15) is 9.59 Å². The summed E-state index contributed by atoms with van der Waals surface area (Å²) in [4.78, 5) is 33.1. The SMILES string of the molecule is O=C(Cn1c(=O)cnc2ccccc21)Nc1nc(-c2cc(Cl)ccc2Cl)cs1. The second kappa shape index (κ2) is 7.71. The van der Waals surface area contributed by atoms with Crippen molar-refractivity contribution in [2.24, 2.45) is 0 Å². The molecular weight excluding hydrogens is 419 g/mol. The fourth-order valence-corrected chi connectivity index (χ4v) is 3.84. The number of fused-ring (bicyclic) bond motifs is 1. The summed E-state index contributed by atoms with van der Waals surface area (Å²) >= 11 is 13.5. The molecule has 9 heteroatoms. The van der Waals surface area contributed by atoms with Gasteiger partial charge in [-0.2, -0.15) is 0 Å². The average molecular weight is 431 g/mol. The first kappa shape index (κ1) is 18.6. The third-order valence-corrected chi connectivity index (χ3v) is 5.33. The molecule has 2 aromatic heterocycles. The zero-order valence-electron chi connectivity index (χ0n) is 14.2. The quantitative estimate of drug-likeness (QED) is 0.518. The van der Waals surface area contributed by atoms with Crippen LogP contribution in [0.5, 0.6) is 0 Å². The molecule has 0 radical (unpaired) electrons. The predicted molar refractivity (Wildman–Crippen MR) is 112 cm³/mol. The molecule has 0 atom stereocenters. The summed E-state index contributed by atoms with van der Waals surface area (Å²) in [5, 5.41) is 5.96. The van der Waals surface area contributed by atoms with Crippen molar-refractivity contribution in [3.63, 3.8) is 0 Å². The van der Waals surface area contributed by atoms with E-state index >= 15 is 0 Å².